The zero-order valence-corrected chi connectivity index (χ0v) is 11.8. The predicted molar refractivity (Wildman–Crippen MR) is 77.0 cm³/mol. The fourth-order valence-corrected chi connectivity index (χ4v) is 2.14. The van der Waals surface area contributed by atoms with E-state index in [1.807, 2.05) is 25.1 Å². The first-order valence-corrected chi connectivity index (χ1v) is 6.67. The molecule has 0 aromatic heterocycles. The summed E-state index contributed by atoms with van der Waals surface area (Å²) in [5.41, 5.74) is 6.31. The maximum Gasteiger partial charge on any atom is 0.322 e. The van der Waals surface area contributed by atoms with Crippen LogP contribution >= 0.6 is 0 Å². The fraction of sp³-hybridized carbons (Fsp3) is 0.500. The molecule has 6 heteroatoms. The van der Waals surface area contributed by atoms with Crippen molar-refractivity contribution in [1.82, 2.24) is 4.90 Å². The number of amides is 2. The third-order valence-corrected chi connectivity index (χ3v) is 3.35. The highest BCUT2D eigenvalue weighted by atomic mass is 16.5. The number of rotatable bonds is 3. The summed E-state index contributed by atoms with van der Waals surface area (Å²) in [5, 5.41) is 2.87. The summed E-state index contributed by atoms with van der Waals surface area (Å²) in [6.45, 7) is 3.38. The number of nitrogens with zero attached hydrogens (tertiary/aromatic N) is 1. The van der Waals surface area contributed by atoms with Crippen molar-refractivity contribution in [2.24, 2.45) is 5.73 Å². The van der Waals surface area contributed by atoms with Crippen molar-refractivity contribution in [3.05, 3.63) is 24.3 Å². The van der Waals surface area contributed by atoms with Gasteiger partial charge in [0.25, 0.3) is 0 Å². The zero-order valence-electron chi connectivity index (χ0n) is 11.8. The van der Waals surface area contributed by atoms with Gasteiger partial charge in [0.2, 0.25) is 0 Å². The molecule has 2 unspecified atom stereocenters. The van der Waals surface area contributed by atoms with Crippen molar-refractivity contribution < 1.29 is 14.3 Å². The average Bonchev–Trinajstić information content (AvgIpc) is 2.47. The molecule has 1 aliphatic rings. The largest absolute Gasteiger partial charge is 0.497 e. The maximum absolute atomic E-state index is 12.3. The first-order valence-electron chi connectivity index (χ1n) is 6.67. The van der Waals surface area contributed by atoms with E-state index in [0.29, 0.717) is 31.1 Å². The van der Waals surface area contributed by atoms with Crippen LogP contribution in [-0.4, -0.2) is 49.9 Å². The quantitative estimate of drug-likeness (QED) is 0.873. The highest BCUT2D eigenvalue weighted by Crippen LogP contribution is 2.18. The molecule has 1 aromatic carbocycles. The second-order valence-corrected chi connectivity index (χ2v) is 4.85. The molecule has 110 valence electrons. The lowest BCUT2D eigenvalue weighted by molar-refractivity contribution is -0.0341. The third-order valence-electron chi connectivity index (χ3n) is 3.35. The highest BCUT2D eigenvalue weighted by molar-refractivity contribution is 5.89. The fourth-order valence-electron chi connectivity index (χ4n) is 2.14. The first-order chi connectivity index (χ1) is 9.63. The van der Waals surface area contributed by atoms with Gasteiger partial charge in [-0.1, -0.05) is 6.07 Å². The number of carbonyl (C=O) groups excluding carboxylic acids is 1. The second kappa shape index (κ2) is 6.58. The lowest BCUT2D eigenvalue weighted by Crippen LogP contribution is -2.54. The van der Waals surface area contributed by atoms with Crippen molar-refractivity contribution in [2.45, 2.75) is 19.1 Å². The molecule has 2 amide bonds. The van der Waals surface area contributed by atoms with Gasteiger partial charge in [-0.05, 0) is 19.1 Å². The number of urea groups is 1. The number of morpholine rings is 1. The SMILES string of the molecule is COc1cccc(NC(=O)N2CC(CN)OCC2C)c1. The summed E-state index contributed by atoms with van der Waals surface area (Å²) >= 11 is 0. The number of anilines is 1. The van der Waals surface area contributed by atoms with Crippen LogP contribution in [0.25, 0.3) is 0 Å². The van der Waals surface area contributed by atoms with E-state index in [9.17, 15) is 4.79 Å². The number of nitrogens with one attached hydrogen (secondary N) is 1. The summed E-state index contributed by atoms with van der Waals surface area (Å²) < 4.78 is 10.7. The van der Waals surface area contributed by atoms with Crippen LogP contribution in [0.5, 0.6) is 5.75 Å². The Hall–Kier alpha value is -1.79. The van der Waals surface area contributed by atoms with E-state index < -0.39 is 0 Å². The number of ether oxygens (including phenoxy) is 2. The molecule has 0 bridgehead atoms. The number of hydrogen-bond acceptors (Lipinski definition) is 4. The summed E-state index contributed by atoms with van der Waals surface area (Å²) in [7, 11) is 1.59. The molecule has 1 fully saturated rings. The van der Waals surface area contributed by atoms with Crippen LogP contribution in [0.3, 0.4) is 0 Å². The van der Waals surface area contributed by atoms with Crippen LogP contribution in [-0.2, 0) is 4.74 Å². The van der Waals surface area contributed by atoms with Gasteiger partial charge in [-0.15, -0.1) is 0 Å². The predicted octanol–water partition coefficient (Wildman–Crippen LogP) is 1.28. The van der Waals surface area contributed by atoms with Crippen molar-refractivity contribution in [3.8, 4) is 5.75 Å². The van der Waals surface area contributed by atoms with E-state index in [1.165, 1.54) is 0 Å². The monoisotopic (exact) mass is 279 g/mol. The Labute approximate surface area is 118 Å². The van der Waals surface area contributed by atoms with Gasteiger partial charge in [-0.25, -0.2) is 4.79 Å². The molecule has 1 heterocycles. The molecule has 3 N–H and O–H groups in total. The molecule has 0 aliphatic carbocycles. The van der Waals surface area contributed by atoms with Gasteiger partial charge in [-0.2, -0.15) is 0 Å². The maximum atomic E-state index is 12.3. The second-order valence-electron chi connectivity index (χ2n) is 4.85. The molecule has 0 spiro atoms. The van der Waals surface area contributed by atoms with Gasteiger partial charge in [0, 0.05) is 18.3 Å². The molecule has 20 heavy (non-hydrogen) atoms. The van der Waals surface area contributed by atoms with E-state index in [2.05, 4.69) is 5.32 Å². The van der Waals surface area contributed by atoms with Crippen LogP contribution in [0, 0.1) is 0 Å². The van der Waals surface area contributed by atoms with Gasteiger partial charge in [0.05, 0.1) is 32.4 Å². The van der Waals surface area contributed by atoms with Gasteiger partial charge in [-0.3, -0.25) is 0 Å². The smallest absolute Gasteiger partial charge is 0.322 e. The molecule has 0 radical (unpaired) electrons. The van der Waals surface area contributed by atoms with Crippen LogP contribution < -0.4 is 15.8 Å². The summed E-state index contributed by atoms with van der Waals surface area (Å²) in [4.78, 5) is 14.1. The van der Waals surface area contributed by atoms with E-state index in [0.717, 1.165) is 0 Å². The van der Waals surface area contributed by atoms with E-state index in [-0.39, 0.29) is 18.2 Å². The van der Waals surface area contributed by atoms with Crippen molar-refractivity contribution in [3.63, 3.8) is 0 Å². The molecular formula is C14H21N3O3. The molecule has 2 rings (SSSR count). The third kappa shape index (κ3) is 3.40. The van der Waals surface area contributed by atoms with E-state index >= 15 is 0 Å². The lowest BCUT2D eigenvalue weighted by atomic mass is 10.2. The van der Waals surface area contributed by atoms with E-state index in [1.54, 1.807) is 18.1 Å². The normalized spacial score (nSPS) is 22.4. The molecular weight excluding hydrogens is 258 g/mol. The highest BCUT2D eigenvalue weighted by Gasteiger charge is 2.28. The molecule has 2 atom stereocenters. The van der Waals surface area contributed by atoms with Crippen LogP contribution in [0.4, 0.5) is 10.5 Å². The van der Waals surface area contributed by atoms with Crippen LogP contribution in [0.2, 0.25) is 0 Å². The van der Waals surface area contributed by atoms with Gasteiger partial charge in [0.1, 0.15) is 5.75 Å². The zero-order chi connectivity index (χ0) is 14.5. The van der Waals surface area contributed by atoms with Gasteiger partial charge < -0.3 is 25.4 Å². The average molecular weight is 279 g/mol. The molecule has 0 saturated carbocycles. The Morgan fingerprint density at radius 3 is 3.10 bits per heavy atom. The Morgan fingerprint density at radius 2 is 2.40 bits per heavy atom. The number of benzene rings is 1. The van der Waals surface area contributed by atoms with Crippen molar-refractivity contribution >= 4 is 11.7 Å². The number of carbonyl (C=O) groups is 1. The Bertz CT molecular complexity index is 467. The summed E-state index contributed by atoms with van der Waals surface area (Å²) in [6, 6.07) is 7.16. The molecule has 1 saturated heterocycles. The van der Waals surface area contributed by atoms with Crippen molar-refractivity contribution in [1.29, 1.82) is 0 Å². The molecule has 6 nitrogen and oxygen atoms in total. The van der Waals surface area contributed by atoms with Crippen molar-refractivity contribution in [2.75, 3.05) is 32.1 Å². The topological polar surface area (TPSA) is 76.8 Å². The minimum Gasteiger partial charge on any atom is -0.497 e. The summed E-state index contributed by atoms with van der Waals surface area (Å²) in [5.74, 6) is 0.706. The number of hydrogen-bond donors (Lipinski definition) is 2. The van der Waals surface area contributed by atoms with Gasteiger partial charge >= 0.3 is 6.03 Å². The Morgan fingerprint density at radius 1 is 1.60 bits per heavy atom. The number of methoxy groups -OCH3 is 1. The summed E-state index contributed by atoms with van der Waals surface area (Å²) in [6.07, 6.45) is -0.0951. The molecule has 1 aromatic rings. The van der Waals surface area contributed by atoms with E-state index in [4.69, 9.17) is 15.2 Å². The standard InChI is InChI=1S/C14H21N3O3/c1-10-9-20-13(7-15)8-17(10)14(18)16-11-4-3-5-12(6-11)19-2/h3-6,10,13H,7-9,15H2,1-2H3,(H,16,18). The first kappa shape index (κ1) is 14.6. The Kier molecular flexibility index (Phi) is 4.81. The van der Waals surface area contributed by atoms with Crippen LogP contribution in [0.1, 0.15) is 6.92 Å². The lowest BCUT2D eigenvalue weighted by Gasteiger charge is -2.37. The minimum absolute atomic E-state index is 0.0309. The van der Waals surface area contributed by atoms with Crippen LogP contribution in [0.15, 0.2) is 24.3 Å². The minimum atomic E-state index is -0.146. The molecule has 1 aliphatic heterocycles. The number of nitrogens with two attached hydrogens (primary N) is 1. The van der Waals surface area contributed by atoms with Gasteiger partial charge in [0.15, 0.2) is 0 Å². The Balaban J connectivity index is 2.02.